The first-order chi connectivity index (χ1) is 15.0. The number of hydrogen-bond acceptors (Lipinski definition) is 4. The largest absolute Gasteiger partial charge is 0.350 e. The third-order valence-electron chi connectivity index (χ3n) is 5.60. The van der Waals surface area contributed by atoms with Crippen LogP contribution in [0.15, 0.2) is 36.4 Å². The van der Waals surface area contributed by atoms with Crippen LogP contribution in [0.5, 0.6) is 0 Å². The SMILES string of the molecule is Cc1cc(C)c(N(CC(=O)NCc2cccc(CN3CCCC3=O)c2)S(C)(=O)=O)c(C)c1. The normalized spacial score (nSPS) is 14.0. The second-order valence-electron chi connectivity index (χ2n) is 8.53. The topological polar surface area (TPSA) is 86.8 Å². The Hall–Kier alpha value is -2.87. The summed E-state index contributed by atoms with van der Waals surface area (Å²) in [7, 11) is -3.64. The van der Waals surface area contributed by atoms with E-state index in [1.807, 2.05) is 62.1 Å². The Morgan fingerprint density at radius 2 is 1.75 bits per heavy atom. The van der Waals surface area contributed by atoms with Crippen molar-refractivity contribution >= 4 is 27.5 Å². The summed E-state index contributed by atoms with van der Waals surface area (Å²) in [6, 6.07) is 11.6. The van der Waals surface area contributed by atoms with Crippen molar-refractivity contribution in [3.05, 3.63) is 64.2 Å². The number of amides is 2. The number of anilines is 1. The Balaban J connectivity index is 1.68. The van der Waals surface area contributed by atoms with Crippen molar-refractivity contribution in [1.29, 1.82) is 0 Å². The van der Waals surface area contributed by atoms with Gasteiger partial charge in [0.2, 0.25) is 21.8 Å². The molecule has 1 saturated heterocycles. The lowest BCUT2D eigenvalue weighted by Gasteiger charge is -2.26. The highest BCUT2D eigenvalue weighted by molar-refractivity contribution is 7.92. The molecule has 2 aromatic carbocycles. The second kappa shape index (κ2) is 9.73. The van der Waals surface area contributed by atoms with E-state index in [-0.39, 0.29) is 24.9 Å². The van der Waals surface area contributed by atoms with Gasteiger partial charge in [0.25, 0.3) is 0 Å². The number of nitrogens with zero attached hydrogens (tertiary/aromatic N) is 2. The molecule has 172 valence electrons. The molecule has 0 unspecified atom stereocenters. The Kier molecular flexibility index (Phi) is 7.23. The molecule has 0 bridgehead atoms. The van der Waals surface area contributed by atoms with Gasteiger partial charge in [-0.25, -0.2) is 8.42 Å². The molecule has 32 heavy (non-hydrogen) atoms. The van der Waals surface area contributed by atoms with E-state index in [1.54, 1.807) is 0 Å². The first-order valence-electron chi connectivity index (χ1n) is 10.7. The molecule has 1 N–H and O–H groups in total. The first kappa shape index (κ1) is 23.8. The van der Waals surface area contributed by atoms with Crippen LogP contribution in [-0.2, 0) is 32.7 Å². The van der Waals surface area contributed by atoms with Crippen molar-refractivity contribution in [2.24, 2.45) is 0 Å². The molecule has 7 nitrogen and oxygen atoms in total. The number of carbonyl (C=O) groups is 2. The molecule has 0 aromatic heterocycles. The van der Waals surface area contributed by atoms with E-state index < -0.39 is 10.0 Å². The number of hydrogen-bond donors (Lipinski definition) is 1. The van der Waals surface area contributed by atoms with Crippen molar-refractivity contribution in [2.45, 2.75) is 46.7 Å². The second-order valence-corrected chi connectivity index (χ2v) is 10.4. The average molecular weight is 458 g/mol. The number of rotatable bonds is 8. The molecule has 3 rings (SSSR count). The van der Waals surface area contributed by atoms with Crippen molar-refractivity contribution in [1.82, 2.24) is 10.2 Å². The Labute approximate surface area is 190 Å². The molecule has 1 aliphatic heterocycles. The van der Waals surface area contributed by atoms with Gasteiger partial charge in [0.1, 0.15) is 6.54 Å². The highest BCUT2D eigenvalue weighted by Gasteiger charge is 2.24. The van der Waals surface area contributed by atoms with E-state index in [2.05, 4.69) is 5.32 Å². The Morgan fingerprint density at radius 1 is 1.09 bits per heavy atom. The van der Waals surface area contributed by atoms with Crippen molar-refractivity contribution < 1.29 is 18.0 Å². The van der Waals surface area contributed by atoms with Crippen molar-refractivity contribution in [2.75, 3.05) is 23.7 Å². The van der Waals surface area contributed by atoms with Crippen LogP contribution in [0.25, 0.3) is 0 Å². The molecule has 1 aliphatic rings. The summed E-state index contributed by atoms with van der Waals surface area (Å²) in [5, 5.41) is 2.83. The standard InChI is InChI=1S/C24H31N3O4S/c1-17-11-18(2)24(19(3)12-17)27(32(4,30)31)16-22(28)25-14-20-7-5-8-21(13-20)15-26-10-6-9-23(26)29/h5,7-8,11-13H,6,9-10,14-16H2,1-4H3,(H,25,28). The van der Waals surface area contributed by atoms with E-state index in [0.29, 0.717) is 18.7 Å². The smallest absolute Gasteiger partial charge is 0.241 e. The lowest BCUT2D eigenvalue weighted by atomic mass is 10.1. The summed E-state index contributed by atoms with van der Waals surface area (Å²) >= 11 is 0. The molecule has 1 fully saturated rings. The number of likely N-dealkylation sites (tertiary alicyclic amines) is 1. The zero-order valence-electron chi connectivity index (χ0n) is 19.1. The molecule has 0 atom stereocenters. The maximum atomic E-state index is 12.7. The van der Waals surface area contributed by atoms with Gasteiger partial charge in [0.05, 0.1) is 11.9 Å². The molecule has 0 spiro atoms. The third-order valence-corrected chi connectivity index (χ3v) is 6.71. The lowest BCUT2D eigenvalue weighted by Crippen LogP contribution is -2.40. The minimum absolute atomic E-state index is 0.172. The van der Waals surface area contributed by atoms with E-state index in [4.69, 9.17) is 0 Å². The van der Waals surface area contributed by atoms with Crippen LogP contribution in [0, 0.1) is 20.8 Å². The fourth-order valence-electron chi connectivity index (χ4n) is 4.24. The minimum atomic E-state index is -3.64. The number of carbonyl (C=O) groups excluding carboxylic acids is 2. The van der Waals surface area contributed by atoms with Crippen LogP contribution < -0.4 is 9.62 Å². The summed E-state index contributed by atoms with van der Waals surface area (Å²) in [5.74, 6) is -0.207. The Morgan fingerprint density at radius 3 is 2.34 bits per heavy atom. The number of sulfonamides is 1. The van der Waals surface area contributed by atoms with Crippen LogP contribution in [0.1, 0.15) is 40.7 Å². The van der Waals surface area contributed by atoms with Crippen LogP contribution in [0.4, 0.5) is 5.69 Å². The third kappa shape index (κ3) is 5.88. The molecule has 0 aliphatic carbocycles. The zero-order chi connectivity index (χ0) is 23.5. The predicted octanol–water partition coefficient (Wildman–Crippen LogP) is 2.82. The molecule has 0 saturated carbocycles. The van der Waals surface area contributed by atoms with Gasteiger partial charge in [0, 0.05) is 26.1 Å². The summed E-state index contributed by atoms with van der Waals surface area (Å²) in [4.78, 5) is 26.4. The molecular formula is C24H31N3O4S. The summed E-state index contributed by atoms with van der Waals surface area (Å²) < 4.78 is 26.1. The first-order valence-corrected chi connectivity index (χ1v) is 12.6. The lowest BCUT2D eigenvalue weighted by molar-refractivity contribution is -0.128. The van der Waals surface area contributed by atoms with Crippen LogP contribution in [0.3, 0.4) is 0 Å². The molecule has 8 heteroatoms. The van der Waals surface area contributed by atoms with E-state index >= 15 is 0 Å². The summed E-state index contributed by atoms with van der Waals surface area (Å²) in [6.45, 7) is 6.99. The summed E-state index contributed by atoms with van der Waals surface area (Å²) in [6.07, 6.45) is 2.61. The monoisotopic (exact) mass is 457 g/mol. The highest BCUT2D eigenvalue weighted by Crippen LogP contribution is 2.28. The maximum Gasteiger partial charge on any atom is 0.241 e. The van der Waals surface area contributed by atoms with Gasteiger partial charge in [-0.15, -0.1) is 0 Å². The average Bonchev–Trinajstić information content (AvgIpc) is 3.09. The Bertz CT molecular complexity index is 1100. The molecule has 2 aromatic rings. The molecule has 1 heterocycles. The van der Waals surface area contributed by atoms with Gasteiger partial charge in [-0.1, -0.05) is 42.0 Å². The van der Waals surface area contributed by atoms with E-state index in [0.717, 1.165) is 47.0 Å². The van der Waals surface area contributed by atoms with Crippen molar-refractivity contribution in [3.8, 4) is 0 Å². The van der Waals surface area contributed by atoms with Gasteiger partial charge in [-0.2, -0.15) is 0 Å². The van der Waals surface area contributed by atoms with Gasteiger partial charge < -0.3 is 10.2 Å². The van der Waals surface area contributed by atoms with Gasteiger partial charge in [-0.3, -0.25) is 13.9 Å². The van der Waals surface area contributed by atoms with Crippen molar-refractivity contribution in [3.63, 3.8) is 0 Å². The minimum Gasteiger partial charge on any atom is -0.350 e. The van der Waals surface area contributed by atoms with Gasteiger partial charge in [-0.05, 0) is 49.4 Å². The fraction of sp³-hybridized carbons (Fsp3) is 0.417. The number of nitrogens with one attached hydrogen (secondary N) is 1. The molecule has 2 amide bonds. The zero-order valence-corrected chi connectivity index (χ0v) is 20.0. The fourth-order valence-corrected chi connectivity index (χ4v) is 5.22. The number of aryl methyl sites for hydroxylation is 3. The van der Waals surface area contributed by atoms with Crippen LogP contribution >= 0.6 is 0 Å². The van der Waals surface area contributed by atoms with Gasteiger partial charge >= 0.3 is 0 Å². The quantitative estimate of drug-likeness (QED) is 0.660. The van der Waals surface area contributed by atoms with Crippen LogP contribution in [0.2, 0.25) is 0 Å². The molecular weight excluding hydrogens is 426 g/mol. The van der Waals surface area contributed by atoms with Crippen LogP contribution in [-0.4, -0.2) is 44.5 Å². The maximum absolute atomic E-state index is 12.7. The number of benzene rings is 2. The summed E-state index contributed by atoms with van der Waals surface area (Å²) in [5.41, 5.74) is 5.12. The highest BCUT2D eigenvalue weighted by atomic mass is 32.2. The predicted molar refractivity (Wildman–Crippen MR) is 126 cm³/mol. The molecule has 0 radical (unpaired) electrons. The van der Waals surface area contributed by atoms with E-state index in [9.17, 15) is 18.0 Å². The van der Waals surface area contributed by atoms with Gasteiger partial charge in [0.15, 0.2) is 0 Å². The van der Waals surface area contributed by atoms with E-state index in [1.165, 1.54) is 4.31 Å².